The van der Waals surface area contributed by atoms with E-state index in [1.807, 2.05) is 20.8 Å². The zero-order valence-corrected chi connectivity index (χ0v) is 18.7. The van der Waals surface area contributed by atoms with Crippen molar-refractivity contribution < 1.29 is 19.1 Å². The van der Waals surface area contributed by atoms with Gasteiger partial charge in [0.05, 0.1) is 29.7 Å². The zero-order chi connectivity index (χ0) is 20.8. The SMILES string of the molecule is CCN(CC)C(=O)c1sc(NC(=S)NC(C)C2CCCO2)c(C(=O)OC)c1C. The van der Waals surface area contributed by atoms with Crippen LogP contribution in [-0.2, 0) is 9.47 Å². The van der Waals surface area contributed by atoms with E-state index < -0.39 is 5.97 Å². The van der Waals surface area contributed by atoms with Crippen LogP contribution in [0.4, 0.5) is 5.00 Å². The van der Waals surface area contributed by atoms with Crippen molar-refractivity contribution in [3.63, 3.8) is 0 Å². The van der Waals surface area contributed by atoms with E-state index in [-0.39, 0.29) is 18.1 Å². The number of carbonyl (C=O) groups is 2. The summed E-state index contributed by atoms with van der Waals surface area (Å²) < 4.78 is 10.6. The first-order chi connectivity index (χ1) is 13.3. The summed E-state index contributed by atoms with van der Waals surface area (Å²) in [6, 6.07) is 0.0434. The summed E-state index contributed by atoms with van der Waals surface area (Å²) in [7, 11) is 1.32. The minimum atomic E-state index is -0.496. The second-order valence-corrected chi connectivity index (χ2v) is 8.10. The van der Waals surface area contributed by atoms with Crippen molar-refractivity contribution in [1.82, 2.24) is 10.2 Å². The van der Waals surface area contributed by atoms with Gasteiger partial charge in [-0.3, -0.25) is 4.79 Å². The van der Waals surface area contributed by atoms with Crippen molar-refractivity contribution in [1.29, 1.82) is 0 Å². The van der Waals surface area contributed by atoms with Crippen LogP contribution in [0.3, 0.4) is 0 Å². The maximum absolute atomic E-state index is 12.8. The van der Waals surface area contributed by atoms with Crippen molar-refractivity contribution >= 4 is 45.5 Å². The van der Waals surface area contributed by atoms with Crippen LogP contribution >= 0.6 is 23.6 Å². The Labute approximate surface area is 175 Å². The first-order valence-electron chi connectivity index (χ1n) is 9.54. The molecular weight excluding hydrogens is 398 g/mol. The smallest absolute Gasteiger partial charge is 0.341 e. The molecule has 1 aliphatic heterocycles. The third-order valence-corrected chi connectivity index (χ3v) is 6.30. The van der Waals surface area contributed by atoms with Crippen LogP contribution in [-0.4, -0.2) is 60.8 Å². The third-order valence-electron chi connectivity index (χ3n) is 4.89. The van der Waals surface area contributed by atoms with Crippen molar-refractivity contribution in [2.24, 2.45) is 0 Å². The van der Waals surface area contributed by atoms with Gasteiger partial charge in [0.1, 0.15) is 5.00 Å². The van der Waals surface area contributed by atoms with Gasteiger partial charge in [-0.05, 0) is 58.3 Å². The molecule has 2 unspecified atom stereocenters. The predicted octanol–water partition coefficient (Wildman–Crippen LogP) is 3.18. The highest BCUT2D eigenvalue weighted by atomic mass is 32.1. The molecule has 0 aromatic carbocycles. The Hall–Kier alpha value is -1.71. The van der Waals surface area contributed by atoms with Gasteiger partial charge in [0.2, 0.25) is 0 Å². The minimum Gasteiger partial charge on any atom is -0.465 e. The number of rotatable bonds is 7. The largest absolute Gasteiger partial charge is 0.465 e. The number of methoxy groups -OCH3 is 1. The molecule has 7 nitrogen and oxygen atoms in total. The van der Waals surface area contributed by atoms with Crippen LogP contribution in [0.25, 0.3) is 0 Å². The van der Waals surface area contributed by atoms with Crippen LogP contribution < -0.4 is 10.6 Å². The first kappa shape index (κ1) is 22.6. The van der Waals surface area contributed by atoms with Gasteiger partial charge in [-0.25, -0.2) is 4.79 Å². The lowest BCUT2D eigenvalue weighted by Gasteiger charge is -2.21. The molecule has 9 heteroatoms. The number of anilines is 1. The Bertz CT molecular complexity index is 725. The fraction of sp³-hybridized carbons (Fsp3) is 0.632. The van der Waals surface area contributed by atoms with Crippen LogP contribution in [0.15, 0.2) is 0 Å². The number of thiocarbonyl (C=S) groups is 1. The summed E-state index contributed by atoms with van der Waals surface area (Å²) in [5.74, 6) is -0.595. The van der Waals surface area contributed by atoms with Gasteiger partial charge in [-0.2, -0.15) is 0 Å². The number of amides is 1. The number of hydrogen-bond acceptors (Lipinski definition) is 6. The number of esters is 1. The molecule has 1 amide bonds. The van der Waals surface area contributed by atoms with E-state index in [4.69, 9.17) is 21.7 Å². The summed E-state index contributed by atoms with van der Waals surface area (Å²) in [6.45, 7) is 9.59. The molecule has 156 valence electrons. The van der Waals surface area contributed by atoms with Crippen molar-refractivity contribution in [3.8, 4) is 0 Å². The zero-order valence-electron chi connectivity index (χ0n) is 17.1. The summed E-state index contributed by atoms with van der Waals surface area (Å²) in [5, 5.41) is 7.19. The average molecular weight is 428 g/mol. The Balaban J connectivity index is 2.24. The lowest BCUT2D eigenvalue weighted by atomic mass is 10.1. The molecule has 0 spiro atoms. The standard InChI is InChI=1S/C19H29N3O4S2/c1-6-22(7-2)17(23)15-11(3)14(18(24)25-5)16(28-15)21-19(27)20-12(4)13-9-8-10-26-13/h12-13H,6-10H2,1-5H3,(H2,20,21,27). The van der Waals surface area contributed by atoms with Crippen molar-refractivity contribution in [2.45, 2.75) is 52.7 Å². The van der Waals surface area contributed by atoms with E-state index in [2.05, 4.69) is 10.6 Å². The molecule has 0 saturated carbocycles. The molecule has 0 radical (unpaired) electrons. The molecule has 2 rings (SSSR count). The van der Waals surface area contributed by atoms with E-state index in [1.165, 1.54) is 18.4 Å². The fourth-order valence-corrected chi connectivity index (χ4v) is 4.76. The Morgan fingerprint density at radius 3 is 2.61 bits per heavy atom. The normalized spacial score (nSPS) is 17.1. The maximum Gasteiger partial charge on any atom is 0.341 e. The van der Waals surface area contributed by atoms with E-state index in [9.17, 15) is 9.59 Å². The lowest BCUT2D eigenvalue weighted by molar-refractivity contribution is 0.0601. The molecule has 2 N–H and O–H groups in total. The lowest BCUT2D eigenvalue weighted by Crippen LogP contribution is -2.42. The van der Waals surface area contributed by atoms with Crippen molar-refractivity contribution in [3.05, 3.63) is 16.0 Å². The number of nitrogens with one attached hydrogen (secondary N) is 2. The predicted molar refractivity (Wildman–Crippen MR) is 115 cm³/mol. The summed E-state index contributed by atoms with van der Waals surface area (Å²) in [5.41, 5.74) is 0.947. The second kappa shape index (κ2) is 10.2. The monoisotopic (exact) mass is 427 g/mol. The number of hydrogen-bond donors (Lipinski definition) is 2. The Kier molecular flexibility index (Phi) is 8.21. The molecule has 2 heterocycles. The highest BCUT2D eigenvalue weighted by Gasteiger charge is 2.28. The second-order valence-electron chi connectivity index (χ2n) is 6.67. The topological polar surface area (TPSA) is 79.9 Å². The van der Waals surface area contributed by atoms with Gasteiger partial charge < -0.3 is 25.0 Å². The fourth-order valence-electron chi connectivity index (χ4n) is 3.24. The van der Waals surface area contributed by atoms with Crippen LogP contribution in [0, 0.1) is 6.92 Å². The summed E-state index contributed by atoms with van der Waals surface area (Å²) in [4.78, 5) is 27.4. The van der Waals surface area contributed by atoms with Crippen LogP contribution in [0.5, 0.6) is 0 Å². The molecule has 0 bridgehead atoms. The van der Waals surface area contributed by atoms with Crippen molar-refractivity contribution in [2.75, 3.05) is 32.1 Å². The van der Waals surface area contributed by atoms with E-state index in [0.717, 1.165) is 19.4 Å². The van der Waals surface area contributed by atoms with Crippen LogP contribution in [0.2, 0.25) is 0 Å². The van der Waals surface area contributed by atoms with E-state index in [0.29, 0.717) is 39.2 Å². The molecule has 28 heavy (non-hydrogen) atoms. The number of nitrogens with zero attached hydrogens (tertiary/aromatic N) is 1. The molecular formula is C19H29N3O4S2. The first-order valence-corrected chi connectivity index (χ1v) is 10.8. The Morgan fingerprint density at radius 2 is 2.07 bits per heavy atom. The minimum absolute atomic E-state index is 0.0434. The molecule has 1 aromatic heterocycles. The molecule has 2 atom stereocenters. The summed E-state index contributed by atoms with van der Waals surface area (Å²) in [6.07, 6.45) is 2.15. The number of thiophene rings is 1. The quantitative estimate of drug-likeness (QED) is 0.511. The Morgan fingerprint density at radius 1 is 1.39 bits per heavy atom. The number of ether oxygens (including phenoxy) is 2. The van der Waals surface area contributed by atoms with E-state index in [1.54, 1.807) is 11.8 Å². The highest BCUT2D eigenvalue weighted by molar-refractivity contribution is 7.80. The molecule has 1 aliphatic rings. The van der Waals surface area contributed by atoms with Gasteiger partial charge >= 0.3 is 5.97 Å². The third kappa shape index (κ3) is 5.01. The van der Waals surface area contributed by atoms with Crippen LogP contribution in [0.1, 0.15) is 59.2 Å². The average Bonchev–Trinajstić information content (AvgIpc) is 3.30. The van der Waals surface area contributed by atoms with Gasteiger partial charge in [0.15, 0.2) is 5.11 Å². The van der Waals surface area contributed by atoms with Gasteiger partial charge in [-0.1, -0.05) is 0 Å². The molecule has 1 fully saturated rings. The molecule has 1 saturated heterocycles. The molecule has 1 aromatic rings. The number of carbonyl (C=O) groups excluding carboxylic acids is 2. The van der Waals surface area contributed by atoms with Gasteiger partial charge in [-0.15, -0.1) is 11.3 Å². The maximum atomic E-state index is 12.8. The van der Waals surface area contributed by atoms with E-state index >= 15 is 0 Å². The highest BCUT2D eigenvalue weighted by Crippen LogP contribution is 2.34. The summed E-state index contributed by atoms with van der Waals surface area (Å²) >= 11 is 6.65. The van der Waals surface area contributed by atoms with Gasteiger partial charge in [0.25, 0.3) is 5.91 Å². The van der Waals surface area contributed by atoms with Gasteiger partial charge in [0, 0.05) is 19.7 Å². The molecule has 0 aliphatic carbocycles.